The topological polar surface area (TPSA) is 97.0 Å². The second-order valence-corrected chi connectivity index (χ2v) is 7.85. The van der Waals surface area contributed by atoms with Crippen molar-refractivity contribution in [2.24, 2.45) is 0 Å². The number of nitrogens with one attached hydrogen (secondary N) is 2. The van der Waals surface area contributed by atoms with Gasteiger partial charge in [-0.1, -0.05) is 24.3 Å². The van der Waals surface area contributed by atoms with Crippen molar-refractivity contribution in [1.29, 1.82) is 0 Å². The van der Waals surface area contributed by atoms with E-state index in [-0.39, 0.29) is 36.9 Å². The van der Waals surface area contributed by atoms with E-state index in [1.54, 1.807) is 42.3 Å². The molecule has 32 heavy (non-hydrogen) atoms. The molecule has 0 radical (unpaired) electrons. The van der Waals surface area contributed by atoms with Crippen LogP contribution in [0, 0.1) is 0 Å². The first kappa shape index (κ1) is 21.7. The van der Waals surface area contributed by atoms with E-state index in [2.05, 4.69) is 10.6 Å². The molecule has 1 atom stereocenters. The third-order valence-corrected chi connectivity index (χ3v) is 5.63. The molecule has 168 valence electrons. The minimum Gasteiger partial charge on any atom is -0.493 e. The van der Waals surface area contributed by atoms with Crippen LogP contribution < -0.4 is 20.1 Å². The standard InChI is InChI=1S/C24H27N3O5/c1-3-32-19-11-8-15(12-20(19)31-2)13-25-21(28)14-26-23(29)22-17-6-4-5-7-18(17)24(30)27(22)16-9-10-16/h4-8,11-12,16,22H,3,9-10,13-14H2,1-2H3,(H,25,28)(H,26,29). The van der Waals surface area contributed by atoms with Gasteiger partial charge in [0.15, 0.2) is 11.5 Å². The Kier molecular flexibility index (Phi) is 6.30. The van der Waals surface area contributed by atoms with Crippen LogP contribution in [-0.4, -0.2) is 48.9 Å². The van der Waals surface area contributed by atoms with Gasteiger partial charge in [0.2, 0.25) is 11.8 Å². The molecular formula is C24H27N3O5. The van der Waals surface area contributed by atoms with Crippen molar-refractivity contribution >= 4 is 17.7 Å². The Morgan fingerprint density at radius 3 is 2.59 bits per heavy atom. The predicted octanol–water partition coefficient (Wildman–Crippen LogP) is 2.19. The molecule has 8 heteroatoms. The number of methoxy groups -OCH3 is 1. The Hall–Kier alpha value is -3.55. The van der Waals surface area contributed by atoms with Crippen LogP contribution in [0.5, 0.6) is 11.5 Å². The molecular weight excluding hydrogens is 410 g/mol. The molecule has 0 saturated heterocycles. The maximum atomic E-state index is 12.9. The van der Waals surface area contributed by atoms with E-state index in [0.717, 1.165) is 18.4 Å². The highest BCUT2D eigenvalue weighted by Gasteiger charge is 2.47. The average molecular weight is 437 g/mol. The van der Waals surface area contributed by atoms with Crippen LogP contribution >= 0.6 is 0 Å². The third kappa shape index (κ3) is 4.39. The van der Waals surface area contributed by atoms with Crippen LogP contribution in [0.1, 0.15) is 47.3 Å². The van der Waals surface area contributed by atoms with Gasteiger partial charge in [0.1, 0.15) is 6.04 Å². The van der Waals surface area contributed by atoms with E-state index in [9.17, 15) is 14.4 Å². The monoisotopic (exact) mass is 437 g/mol. The summed E-state index contributed by atoms with van der Waals surface area (Å²) in [5, 5.41) is 5.48. The summed E-state index contributed by atoms with van der Waals surface area (Å²) in [7, 11) is 1.56. The Morgan fingerprint density at radius 2 is 1.88 bits per heavy atom. The van der Waals surface area contributed by atoms with Crippen molar-refractivity contribution in [2.75, 3.05) is 20.3 Å². The lowest BCUT2D eigenvalue weighted by molar-refractivity contribution is -0.129. The summed E-state index contributed by atoms with van der Waals surface area (Å²) >= 11 is 0. The largest absolute Gasteiger partial charge is 0.493 e. The molecule has 2 N–H and O–H groups in total. The van der Waals surface area contributed by atoms with Crippen LogP contribution in [0.4, 0.5) is 0 Å². The second-order valence-electron chi connectivity index (χ2n) is 7.85. The van der Waals surface area contributed by atoms with E-state index in [4.69, 9.17) is 9.47 Å². The molecule has 1 aliphatic heterocycles. The molecule has 8 nitrogen and oxygen atoms in total. The van der Waals surface area contributed by atoms with Crippen molar-refractivity contribution in [1.82, 2.24) is 15.5 Å². The smallest absolute Gasteiger partial charge is 0.255 e. The van der Waals surface area contributed by atoms with Crippen molar-refractivity contribution in [2.45, 2.75) is 38.4 Å². The summed E-state index contributed by atoms with van der Waals surface area (Å²) in [6.07, 6.45) is 1.80. The minimum absolute atomic E-state index is 0.0918. The van der Waals surface area contributed by atoms with Crippen LogP contribution in [0.3, 0.4) is 0 Å². The zero-order chi connectivity index (χ0) is 22.7. The first-order valence-electron chi connectivity index (χ1n) is 10.8. The lowest BCUT2D eigenvalue weighted by Crippen LogP contribution is -2.43. The molecule has 0 bridgehead atoms. The van der Waals surface area contributed by atoms with Crippen LogP contribution in [0.2, 0.25) is 0 Å². The maximum Gasteiger partial charge on any atom is 0.255 e. The van der Waals surface area contributed by atoms with E-state index in [0.29, 0.717) is 29.2 Å². The molecule has 2 aromatic rings. The van der Waals surface area contributed by atoms with Crippen molar-refractivity contribution in [3.05, 3.63) is 59.2 Å². The number of nitrogens with zero attached hydrogens (tertiary/aromatic N) is 1. The van der Waals surface area contributed by atoms with Gasteiger partial charge in [0, 0.05) is 18.2 Å². The first-order valence-corrected chi connectivity index (χ1v) is 10.8. The SMILES string of the molecule is CCOc1ccc(CNC(=O)CNC(=O)C2c3ccccc3C(=O)N2C2CC2)cc1OC. The number of amides is 3. The lowest BCUT2D eigenvalue weighted by Gasteiger charge is -2.24. The predicted molar refractivity (Wildman–Crippen MR) is 117 cm³/mol. The van der Waals surface area contributed by atoms with E-state index < -0.39 is 6.04 Å². The van der Waals surface area contributed by atoms with Gasteiger partial charge < -0.3 is 25.0 Å². The van der Waals surface area contributed by atoms with E-state index >= 15 is 0 Å². The molecule has 2 aromatic carbocycles. The number of ether oxygens (including phenoxy) is 2. The Balaban J connectivity index is 1.34. The molecule has 4 rings (SSSR count). The van der Waals surface area contributed by atoms with Crippen LogP contribution in [-0.2, 0) is 16.1 Å². The van der Waals surface area contributed by atoms with Gasteiger partial charge in [-0.15, -0.1) is 0 Å². The molecule has 1 heterocycles. The number of carbonyl (C=O) groups is 3. The highest BCUT2D eigenvalue weighted by molar-refractivity contribution is 6.05. The second kappa shape index (κ2) is 9.30. The number of hydrogen-bond acceptors (Lipinski definition) is 5. The normalized spacial score (nSPS) is 17.0. The minimum atomic E-state index is -0.686. The van der Waals surface area contributed by atoms with Gasteiger partial charge in [0.05, 0.1) is 20.3 Å². The third-order valence-electron chi connectivity index (χ3n) is 5.63. The van der Waals surface area contributed by atoms with Crippen molar-refractivity contribution in [3.8, 4) is 11.5 Å². The number of carbonyl (C=O) groups excluding carboxylic acids is 3. The summed E-state index contributed by atoms with van der Waals surface area (Å²) in [4.78, 5) is 39.7. The molecule has 0 aromatic heterocycles. The highest BCUT2D eigenvalue weighted by atomic mass is 16.5. The summed E-state index contributed by atoms with van der Waals surface area (Å²) in [5.41, 5.74) is 2.11. The van der Waals surface area contributed by atoms with E-state index in [1.165, 1.54) is 0 Å². The summed E-state index contributed by atoms with van der Waals surface area (Å²) < 4.78 is 10.8. The zero-order valence-corrected chi connectivity index (χ0v) is 18.2. The van der Waals surface area contributed by atoms with Gasteiger partial charge in [-0.05, 0) is 49.1 Å². The fourth-order valence-electron chi connectivity index (χ4n) is 3.96. The Labute approximate surface area is 186 Å². The Bertz CT molecular complexity index is 1030. The van der Waals surface area contributed by atoms with Crippen molar-refractivity contribution in [3.63, 3.8) is 0 Å². The van der Waals surface area contributed by atoms with Crippen LogP contribution in [0.15, 0.2) is 42.5 Å². The van der Waals surface area contributed by atoms with Gasteiger partial charge in [-0.3, -0.25) is 14.4 Å². The van der Waals surface area contributed by atoms with Gasteiger partial charge >= 0.3 is 0 Å². The average Bonchev–Trinajstić information content (AvgIpc) is 3.60. The molecule has 0 spiro atoms. The molecule has 1 fully saturated rings. The fourth-order valence-corrected chi connectivity index (χ4v) is 3.96. The number of benzene rings is 2. The molecule has 1 aliphatic carbocycles. The summed E-state index contributed by atoms with van der Waals surface area (Å²) in [6.45, 7) is 2.54. The molecule has 2 aliphatic rings. The first-order chi connectivity index (χ1) is 15.5. The van der Waals surface area contributed by atoms with Gasteiger partial charge in [-0.2, -0.15) is 0 Å². The number of fused-ring (bicyclic) bond motifs is 1. The Morgan fingerprint density at radius 1 is 1.09 bits per heavy atom. The molecule has 1 saturated carbocycles. The fraction of sp³-hybridized carbons (Fsp3) is 0.375. The van der Waals surface area contributed by atoms with E-state index in [1.807, 2.05) is 19.1 Å². The number of rotatable bonds is 9. The van der Waals surface area contributed by atoms with Gasteiger partial charge in [0.25, 0.3) is 5.91 Å². The van der Waals surface area contributed by atoms with Crippen molar-refractivity contribution < 1.29 is 23.9 Å². The highest BCUT2D eigenvalue weighted by Crippen LogP contribution is 2.41. The number of hydrogen-bond donors (Lipinski definition) is 2. The zero-order valence-electron chi connectivity index (χ0n) is 18.2. The molecule has 1 unspecified atom stereocenters. The maximum absolute atomic E-state index is 12.9. The molecule has 3 amide bonds. The summed E-state index contributed by atoms with van der Waals surface area (Å²) in [5.74, 6) is 0.465. The summed E-state index contributed by atoms with van der Waals surface area (Å²) in [6, 6.07) is 12.0. The van der Waals surface area contributed by atoms with Crippen LogP contribution in [0.25, 0.3) is 0 Å². The lowest BCUT2D eigenvalue weighted by atomic mass is 10.0. The van der Waals surface area contributed by atoms with Gasteiger partial charge in [-0.25, -0.2) is 0 Å². The quantitative estimate of drug-likeness (QED) is 0.627.